The molecule has 2 aromatic rings. The fraction of sp³-hybridized carbons (Fsp3) is 0. The predicted octanol–water partition coefficient (Wildman–Crippen LogP) is 1.42. The van der Waals surface area contributed by atoms with E-state index in [-0.39, 0.29) is 11.8 Å². The van der Waals surface area contributed by atoms with Crippen LogP contribution >= 0.6 is 0 Å². The quantitative estimate of drug-likeness (QED) is 0.683. The van der Waals surface area contributed by atoms with Crippen LogP contribution in [0.1, 0.15) is 16.2 Å². The molecule has 0 amide bonds. The Bertz CT molecular complexity index is 522. The van der Waals surface area contributed by atoms with Gasteiger partial charge in [0.05, 0.1) is 11.6 Å². The zero-order valence-electron chi connectivity index (χ0n) is 7.54. The molecule has 0 N–H and O–H groups in total. The van der Waals surface area contributed by atoms with Gasteiger partial charge in [0.1, 0.15) is 0 Å². The molecule has 72 valence electrons. The molecule has 0 aliphatic rings. The Morgan fingerprint density at radius 2 is 2.00 bits per heavy atom. The van der Waals surface area contributed by atoms with Crippen molar-refractivity contribution in [1.29, 1.82) is 5.26 Å². The summed E-state index contributed by atoms with van der Waals surface area (Å²) in [5.41, 5.74) is 1.23. The number of rotatable bonds is 2. The molecule has 15 heavy (non-hydrogen) atoms. The van der Waals surface area contributed by atoms with Crippen LogP contribution in [0.5, 0.6) is 0 Å². The third-order valence-corrected chi connectivity index (χ3v) is 1.80. The SMILES string of the molecule is N#Cc1ccc(-c2nnc(C=O)o2)cc1. The molecular formula is C10H5N3O2. The molecule has 0 aliphatic heterocycles. The van der Waals surface area contributed by atoms with E-state index in [9.17, 15) is 4.79 Å². The van der Waals surface area contributed by atoms with Gasteiger partial charge in [-0.2, -0.15) is 5.26 Å². The summed E-state index contributed by atoms with van der Waals surface area (Å²) in [6, 6.07) is 8.64. The van der Waals surface area contributed by atoms with E-state index in [1.54, 1.807) is 24.3 Å². The Morgan fingerprint density at radius 1 is 1.27 bits per heavy atom. The highest BCUT2D eigenvalue weighted by Crippen LogP contribution is 2.17. The van der Waals surface area contributed by atoms with E-state index in [4.69, 9.17) is 9.68 Å². The maximum absolute atomic E-state index is 10.3. The first kappa shape index (κ1) is 9.09. The summed E-state index contributed by atoms with van der Waals surface area (Å²) < 4.78 is 5.02. The first-order valence-electron chi connectivity index (χ1n) is 4.12. The maximum Gasteiger partial charge on any atom is 0.280 e. The van der Waals surface area contributed by atoms with Crippen LogP contribution in [-0.2, 0) is 0 Å². The van der Waals surface area contributed by atoms with Gasteiger partial charge in [0, 0.05) is 5.56 Å². The Kier molecular flexibility index (Phi) is 2.25. The van der Waals surface area contributed by atoms with E-state index in [0.717, 1.165) is 0 Å². The highest BCUT2D eigenvalue weighted by Gasteiger charge is 2.06. The monoisotopic (exact) mass is 199 g/mol. The van der Waals surface area contributed by atoms with E-state index in [2.05, 4.69) is 10.2 Å². The molecule has 0 saturated carbocycles. The number of aromatic nitrogens is 2. The Morgan fingerprint density at radius 3 is 2.53 bits per heavy atom. The summed E-state index contributed by atoms with van der Waals surface area (Å²) in [6.45, 7) is 0. The zero-order valence-corrected chi connectivity index (χ0v) is 7.54. The van der Waals surface area contributed by atoms with Crippen molar-refractivity contribution in [3.63, 3.8) is 0 Å². The lowest BCUT2D eigenvalue weighted by Gasteiger charge is -1.92. The van der Waals surface area contributed by atoms with Gasteiger partial charge in [-0.15, -0.1) is 10.2 Å². The predicted molar refractivity (Wildman–Crippen MR) is 49.8 cm³/mol. The Hall–Kier alpha value is -2.48. The minimum absolute atomic E-state index is 0.0608. The lowest BCUT2D eigenvalue weighted by Crippen LogP contribution is -1.78. The van der Waals surface area contributed by atoms with Crippen LogP contribution in [0.15, 0.2) is 28.7 Å². The highest BCUT2D eigenvalue weighted by atomic mass is 16.4. The molecule has 1 aromatic heterocycles. The largest absolute Gasteiger partial charge is 0.414 e. The van der Waals surface area contributed by atoms with Crippen molar-refractivity contribution in [3.8, 4) is 17.5 Å². The number of hydrogen-bond donors (Lipinski definition) is 0. The van der Waals surface area contributed by atoms with E-state index in [0.29, 0.717) is 17.4 Å². The first-order chi connectivity index (χ1) is 7.33. The summed E-state index contributed by atoms with van der Waals surface area (Å²) in [6.07, 6.45) is 0.486. The third kappa shape index (κ3) is 1.74. The van der Waals surface area contributed by atoms with E-state index < -0.39 is 0 Å². The first-order valence-corrected chi connectivity index (χ1v) is 4.12. The molecule has 2 rings (SSSR count). The molecule has 0 radical (unpaired) electrons. The summed E-state index contributed by atoms with van der Waals surface area (Å²) >= 11 is 0. The van der Waals surface area contributed by atoms with Crippen molar-refractivity contribution < 1.29 is 9.21 Å². The number of carbonyl (C=O) groups is 1. The third-order valence-electron chi connectivity index (χ3n) is 1.80. The van der Waals surface area contributed by atoms with E-state index in [1.807, 2.05) is 6.07 Å². The molecule has 0 spiro atoms. The van der Waals surface area contributed by atoms with Crippen molar-refractivity contribution >= 4 is 6.29 Å². The molecular weight excluding hydrogens is 194 g/mol. The van der Waals surface area contributed by atoms with E-state index in [1.165, 1.54) is 0 Å². The van der Waals surface area contributed by atoms with Crippen molar-refractivity contribution in [2.75, 3.05) is 0 Å². The van der Waals surface area contributed by atoms with Crippen LogP contribution in [0.25, 0.3) is 11.5 Å². The van der Waals surface area contributed by atoms with Crippen LogP contribution in [0.2, 0.25) is 0 Å². The average Bonchev–Trinajstić information content (AvgIpc) is 2.78. The fourth-order valence-electron chi connectivity index (χ4n) is 1.09. The lowest BCUT2D eigenvalue weighted by molar-refractivity contribution is 0.109. The van der Waals surface area contributed by atoms with Crippen molar-refractivity contribution in [2.24, 2.45) is 0 Å². The van der Waals surface area contributed by atoms with Gasteiger partial charge in [-0.05, 0) is 24.3 Å². The van der Waals surface area contributed by atoms with Gasteiger partial charge in [0.25, 0.3) is 5.89 Å². The molecule has 0 fully saturated rings. The summed E-state index contributed by atoms with van der Waals surface area (Å²) in [5.74, 6) is 0.205. The standard InChI is InChI=1S/C10H5N3O2/c11-5-7-1-3-8(4-2-7)10-13-12-9(6-14)15-10/h1-4,6H. The Balaban J connectivity index is 2.37. The minimum Gasteiger partial charge on any atom is -0.414 e. The second kappa shape index (κ2) is 3.72. The van der Waals surface area contributed by atoms with Gasteiger partial charge in [-0.1, -0.05) is 0 Å². The number of aldehydes is 1. The van der Waals surface area contributed by atoms with Gasteiger partial charge in [-0.3, -0.25) is 4.79 Å². The fourth-order valence-corrected chi connectivity index (χ4v) is 1.09. The number of nitriles is 1. The van der Waals surface area contributed by atoms with Crippen LogP contribution in [0.4, 0.5) is 0 Å². The van der Waals surface area contributed by atoms with Crippen LogP contribution in [-0.4, -0.2) is 16.5 Å². The minimum atomic E-state index is -0.0608. The molecule has 1 aromatic carbocycles. The molecule has 0 unspecified atom stereocenters. The smallest absolute Gasteiger partial charge is 0.280 e. The molecule has 0 aliphatic carbocycles. The van der Waals surface area contributed by atoms with Crippen LogP contribution < -0.4 is 0 Å². The average molecular weight is 199 g/mol. The maximum atomic E-state index is 10.3. The number of hydrogen-bond acceptors (Lipinski definition) is 5. The highest BCUT2D eigenvalue weighted by molar-refractivity contribution is 5.68. The zero-order chi connectivity index (χ0) is 10.7. The summed E-state index contributed by atoms with van der Waals surface area (Å²) in [4.78, 5) is 10.3. The van der Waals surface area contributed by atoms with Crippen LogP contribution in [0.3, 0.4) is 0 Å². The van der Waals surface area contributed by atoms with Gasteiger partial charge < -0.3 is 4.42 Å². The number of carbonyl (C=O) groups excluding carboxylic acids is 1. The van der Waals surface area contributed by atoms with Gasteiger partial charge >= 0.3 is 0 Å². The second-order valence-electron chi connectivity index (χ2n) is 2.75. The molecule has 5 heteroatoms. The number of benzene rings is 1. The van der Waals surface area contributed by atoms with Crippen molar-refractivity contribution in [1.82, 2.24) is 10.2 Å². The molecule has 0 bridgehead atoms. The van der Waals surface area contributed by atoms with Gasteiger partial charge in [0.15, 0.2) is 0 Å². The van der Waals surface area contributed by atoms with Crippen LogP contribution in [0, 0.1) is 11.3 Å². The van der Waals surface area contributed by atoms with E-state index >= 15 is 0 Å². The topological polar surface area (TPSA) is 79.8 Å². The second-order valence-corrected chi connectivity index (χ2v) is 2.75. The summed E-state index contributed by atoms with van der Waals surface area (Å²) in [5, 5.41) is 15.8. The molecule has 0 atom stereocenters. The summed E-state index contributed by atoms with van der Waals surface area (Å²) in [7, 11) is 0. The van der Waals surface area contributed by atoms with Gasteiger partial charge in [0.2, 0.25) is 12.2 Å². The lowest BCUT2D eigenvalue weighted by atomic mass is 10.1. The molecule has 5 nitrogen and oxygen atoms in total. The van der Waals surface area contributed by atoms with Crippen molar-refractivity contribution in [3.05, 3.63) is 35.7 Å². The molecule has 1 heterocycles. The van der Waals surface area contributed by atoms with Gasteiger partial charge in [-0.25, -0.2) is 0 Å². The molecule has 0 saturated heterocycles. The number of nitrogens with zero attached hydrogens (tertiary/aromatic N) is 3. The normalized spacial score (nSPS) is 9.53. The Labute approximate surface area is 85.0 Å². The van der Waals surface area contributed by atoms with Crippen molar-refractivity contribution in [2.45, 2.75) is 0 Å².